The lowest BCUT2D eigenvalue weighted by Gasteiger charge is -2.36. The zero-order chi connectivity index (χ0) is 11.6. The number of carbonyl (C=O) groups is 1. The Balaban J connectivity index is 2.60. The predicted molar refractivity (Wildman–Crippen MR) is 62.4 cm³/mol. The van der Waals surface area contributed by atoms with E-state index < -0.39 is 0 Å². The summed E-state index contributed by atoms with van der Waals surface area (Å²) in [6.07, 6.45) is 2.35. The van der Waals surface area contributed by atoms with E-state index in [0.29, 0.717) is 5.92 Å². The Kier molecular flexibility index (Phi) is 3.77. The molecule has 1 aliphatic heterocycles. The molecule has 88 valence electrons. The average Bonchev–Trinajstić information content (AvgIpc) is 2.14. The first kappa shape index (κ1) is 12.5. The summed E-state index contributed by atoms with van der Waals surface area (Å²) in [5.41, 5.74) is 5.84. The van der Waals surface area contributed by atoms with Crippen LogP contribution < -0.4 is 5.73 Å². The summed E-state index contributed by atoms with van der Waals surface area (Å²) >= 11 is 0. The van der Waals surface area contributed by atoms with Gasteiger partial charge in [-0.15, -0.1) is 0 Å². The van der Waals surface area contributed by atoms with Crippen LogP contribution >= 0.6 is 0 Å². The quantitative estimate of drug-likeness (QED) is 0.718. The minimum absolute atomic E-state index is 0.119. The molecule has 0 aromatic heterocycles. The molecule has 2 unspecified atom stereocenters. The van der Waals surface area contributed by atoms with E-state index >= 15 is 0 Å². The van der Waals surface area contributed by atoms with Gasteiger partial charge in [0.15, 0.2) is 0 Å². The number of hydrogen-bond acceptors (Lipinski definition) is 2. The van der Waals surface area contributed by atoms with Crippen molar-refractivity contribution in [3.8, 4) is 0 Å². The van der Waals surface area contributed by atoms with Crippen LogP contribution in [0, 0.1) is 11.3 Å². The van der Waals surface area contributed by atoms with Gasteiger partial charge in [0.25, 0.3) is 0 Å². The lowest BCUT2D eigenvalue weighted by Crippen LogP contribution is -2.52. The van der Waals surface area contributed by atoms with Crippen LogP contribution in [-0.2, 0) is 4.79 Å². The molecule has 15 heavy (non-hydrogen) atoms. The minimum Gasteiger partial charge on any atom is -0.341 e. The summed E-state index contributed by atoms with van der Waals surface area (Å²) in [5, 5.41) is 0. The molecule has 0 aromatic carbocycles. The van der Waals surface area contributed by atoms with Gasteiger partial charge in [0.1, 0.15) is 0 Å². The highest BCUT2D eigenvalue weighted by molar-refractivity contribution is 5.82. The molecule has 1 saturated heterocycles. The smallest absolute Gasteiger partial charge is 0.240 e. The second kappa shape index (κ2) is 4.52. The standard InChI is InChI=1S/C12H24N2O/c1-9-6-5-7-14(8-9)11(15)10(13)12(2,3)4/h9-10H,5-8,13H2,1-4H3. The molecule has 3 nitrogen and oxygen atoms in total. The summed E-state index contributed by atoms with van der Waals surface area (Å²) < 4.78 is 0. The SMILES string of the molecule is CC1CCCN(C(=O)C(N)C(C)(C)C)C1. The van der Waals surface area contributed by atoms with Crippen molar-refractivity contribution in [1.82, 2.24) is 4.90 Å². The Labute approximate surface area is 93.0 Å². The summed E-state index contributed by atoms with van der Waals surface area (Å²) in [6.45, 7) is 10.0. The second-order valence-electron chi connectivity index (χ2n) is 5.88. The third kappa shape index (κ3) is 3.20. The number of nitrogens with two attached hydrogens (primary N) is 1. The molecule has 1 fully saturated rings. The molecule has 2 atom stereocenters. The molecule has 0 aliphatic carbocycles. The summed E-state index contributed by atoms with van der Waals surface area (Å²) in [4.78, 5) is 14.0. The molecule has 1 amide bonds. The maximum atomic E-state index is 12.1. The van der Waals surface area contributed by atoms with Crippen LogP contribution in [0.15, 0.2) is 0 Å². The lowest BCUT2D eigenvalue weighted by atomic mass is 9.86. The van der Waals surface area contributed by atoms with Crippen molar-refractivity contribution in [1.29, 1.82) is 0 Å². The van der Waals surface area contributed by atoms with Gasteiger partial charge in [-0.2, -0.15) is 0 Å². The number of likely N-dealkylation sites (tertiary alicyclic amines) is 1. The third-order valence-corrected chi connectivity index (χ3v) is 3.17. The van der Waals surface area contributed by atoms with E-state index in [9.17, 15) is 4.79 Å². The molecule has 0 spiro atoms. The van der Waals surface area contributed by atoms with Gasteiger partial charge in [-0.05, 0) is 24.2 Å². The summed E-state index contributed by atoms with van der Waals surface area (Å²) in [7, 11) is 0. The highest BCUT2D eigenvalue weighted by Crippen LogP contribution is 2.22. The Morgan fingerprint density at radius 3 is 2.53 bits per heavy atom. The van der Waals surface area contributed by atoms with Gasteiger partial charge < -0.3 is 10.6 Å². The van der Waals surface area contributed by atoms with Gasteiger partial charge >= 0.3 is 0 Å². The molecule has 2 N–H and O–H groups in total. The van der Waals surface area contributed by atoms with Crippen LogP contribution in [-0.4, -0.2) is 29.9 Å². The summed E-state index contributed by atoms with van der Waals surface area (Å²) in [6, 6.07) is -0.372. The maximum Gasteiger partial charge on any atom is 0.240 e. The third-order valence-electron chi connectivity index (χ3n) is 3.17. The molecule has 0 radical (unpaired) electrons. The van der Waals surface area contributed by atoms with Crippen molar-refractivity contribution in [2.24, 2.45) is 17.1 Å². The van der Waals surface area contributed by atoms with Crippen LogP contribution in [0.2, 0.25) is 0 Å². The van der Waals surface area contributed by atoms with Crippen molar-refractivity contribution in [2.45, 2.75) is 46.6 Å². The first-order valence-electron chi connectivity index (χ1n) is 5.86. The fraction of sp³-hybridized carbons (Fsp3) is 0.917. The van der Waals surface area contributed by atoms with Crippen molar-refractivity contribution in [3.63, 3.8) is 0 Å². The predicted octanol–water partition coefficient (Wildman–Crippen LogP) is 1.62. The number of hydrogen-bond donors (Lipinski definition) is 1. The van der Waals surface area contributed by atoms with Gasteiger partial charge in [-0.3, -0.25) is 4.79 Å². The number of rotatable bonds is 1. The van der Waals surface area contributed by atoms with Crippen molar-refractivity contribution < 1.29 is 4.79 Å². The monoisotopic (exact) mass is 212 g/mol. The van der Waals surface area contributed by atoms with E-state index in [1.54, 1.807) is 0 Å². The van der Waals surface area contributed by atoms with Crippen LogP contribution in [0.1, 0.15) is 40.5 Å². The van der Waals surface area contributed by atoms with E-state index in [1.165, 1.54) is 6.42 Å². The van der Waals surface area contributed by atoms with E-state index in [2.05, 4.69) is 6.92 Å². The van der Waals surface area contributed by atoms with Crippen LogP contribution in [0.4, 0.5) is 0 Å². The lowest BCUT2D eigenvalue weighted by molar-refractivity contribution is -0.136. The van der Waals surface area contributed by atoms with Gasteiger partial charge in [-0.1, -0.05) is 27.7 Å². The molecule has 1 heterocycles. The van der Waals surface area contributed by atoms with E-state index in [-0.39, 0.29) is 17.4 Å². The van der Waals surface area contributed by atoms with Crippen molar-refractivity contribution in [3.05, 3.63) is 0 Å². The van der Waals surface area contributed by atoms with E-state index in [0.717, 1.165) is 19.5 Å². The topological polar surface area (TPSA) is 46.3 Å². The molecule has 1 rings (SSSR count). The molecule has 1 aliphatic rings. The minimum atomic E-state index is -0.372. The Bertz CT molecular complexity index is 232. The van der Waals surface area contributed by atoms with Crippen LogP contribution in [0.25, 0.3) is 0 Å². The van der Waals surface area contributed by atoms with Crippen molar-refractivity contribution in [2.75, 3.05) is 13.1 Å². The average molecular weight is 212 g/mol. The number of carbonyl (C=O) groups excluding carboxylic acids is 1. The van der Waals surface area contributed by atoms with Gasteiger partial charge in [0.05, 0.1) is 6.04 Å². The Morgan fingerprint density at radius 2 is 2.07 bits per heavy atom. The molecule has 0 saturated carbocycles. The summed E-state index contributed by atoms with van der Waals surface area (Å²) in [5.74, 6) is 0.740. The van der Waals surface area contributed by atoms with Gasteiger partial charge in [0.2, 0.25) is 5.91 Å². The van der Waals surface area contributed by atoms with Gasteiger partial charge in [0, 0.05) is 13.1 Å². The molecule has 3 heteroatoms. The highest BCUT2D eigenvalue weighted by Gasteiger charge is 2.32. The van der Waals surface area contributed by atoms with Crippen molar-refractivity contribution >= 4 is 5.91 Å². The number of nitrogens with zero attached hydrogens (tertiary/aromatic N) is 1. The Morgan fingerprint density at radius 1 is 1.47 bits per heavy atom. The zero-order valence-electron chi connectivity index (χ0n) is 10.4. The van der Waals surface area contributed by atoms with Crippen LogP contribution in [0.3, 0.4) is 0 Å². The number of piperidine rings is 1. The molecule has 0 bridgehead atoms. The largest absolute Gasteiger partial charge is 0.341 e. The fourth-order valence-corrected chi connectivity index (χ4v) is 1.96. The fourth-order valence-electron chi connectivity index (χ4n) is 1.96. The second-order valence-corrected chi connectivity index (χ2v) is 5.88. The normalized spacial score (nSPS) is 25.1. The first-order valence-corrected chi connectivity index (χ1v) is 5.86. The van der Waals surface area contributed by atoms with Gasteiger partial charge in [-0.25, -0.2) is 0 Å². The molecular formula is C12H24N2O. The van der Waals surface area contributed by atoms with E-state index in [4.69, 9.17) is 5.73 Å². The number of amides is 1. The van der Waals surface area contributed by atoms with E-state index in [1.807, 2.05) is 25.7 Å². The first-order chi connectivity index (χ1) is 6.82. The van der Waals surface area contributed by atoms with Crippen LogP contribution in [0.5, 0.6) is 0 Å². The highest BCUT2D eigenvalue weighted by atomic mass is 16.2. The molecular weight excluding hydrogens is 188 g/mol. The molecule has 0 aromatic rings. The Hall–Kier alpha value is -0.570. The maximum absolute atomic E-state index is 12.1. The zero-order valence-corrected chi connectivity index (χ0v) is 10.4.